The molecule has 0 radical (unpaired) electrons. The van der Waals surface area contributed by atoms with E-state index < -0.39 is 50.9 Å². The molecule has 12 nitrogen and oxygen atoms in total. The molecule has 9 atom stereocenters. The monoisotopic (exact) mass is 1400 g/mol. The molecule has 5 aliphatic carbocycles. The van der Waals surface area contributed by atoms with Gasteiger partial charge in [0.25, 0.3) is 6.10 Å². The van der Waals surface area contributed by atoms with Crippen LogP contribution in [0.15, 0.2) is 105 Å². The van der Waals surface area contributed by atoms with E-state index in [9.17, 15) is 59.5 Å². The maximum absolute atomic E-state index is 12.0. The fourth-order valence-electron chi connectivity index (χ4n) is 12.6. The number of carbonyl (C=O) groups is 6. The topological polar surface area (TPSA) is 158 Å². The summed E-state index contributed by atoms with van der Waals surface area (Å²) in [6, 6.07) is 9.78. The van der Waals surface area contributed by atoms with Crippen molar-refractivity contribution in [3.05, 3.63) is 116 Å². The zero-order chi connectivity index (χ0) is 75.5. The van der Waals surface area contributed by atoms with Crippen LogP contribution >= 0.6 is 0 Å². The first kappa shape index (κ1) is 90.9. The Kier molecular flexibility index (Phi) is 38.3. The van der Waals surface area contributed by atoms with Gasteiger partial charge < -0.3 is 28.4 Å². The standard InChI is InChI=1S/C14H20O2.C14H22O2.C12H22O2.C12H16.C11H20O2.C8H5F7O4.C6H14Si/c1-8(2)14(15)16-13-7-9-6-12(13)11-5-3-4-10(9)11;1-9(2)12(15)16-11-8-10-6-7-14(11,5)13(10,3)4;1-5-7-8-11(6-2)9-14-12(13)10(3)4;1-5-10-6-8-11(9-7-10)12(2,3)4;1-7(2)10(8(3)4)13-11(12)9(5)6;1-3(9)5(17)18-2-4(16)19-6(7(10,11)12)8(13,14)15;1-5-6-7(2,3)4/h9-13H,1,3-7H2,2H3;10-11H,1,6-8H2,2-5H3;11H,3,5-9H2,1-2,4H3;5-9H,1H2,2-4H3;7-8,10H,5H2,1-4,6H3;6H,1-2H2;5H,1,6H2,2-4H3. The minimum atomic E-state index is -5.89. The third-order valence-electron chi connectivity index (χ3n) is 18.7. The minimum absolute atomic E-state index is 0.0100. The number of ether oxygens (including phenoxy) is 6. The summed E-state index contributed by atoms with van der Waals surface area (Å²) in [5, 5.41) is 0. The highest BCUT2D eigenvalue weighted by atomic mass is 28.3. The summed E-state index contributed by atoms with van der Waals surface area (Å²) >= 11 is 0. The van der Waals surface area contributed by atoms with Gasteiger partial charge in [0.1, 0.15) is 18.3 Å². The van der Waals surface area contributed by atoms with Crippen LogP contribution in [-0.4, -0.2) is 93.9 Å². The normalized spacial score (nSPS) is 21.7. The Morgan fingerprint density at radius 2 is 1.16 bits per heavy atom. The van der Waals surface area contributed by atoms with Crippen molar-refractivity contribution in [3.8, 4) is 0 Å². The Morgan fingerprint density at radius 1 is 0.660 bits per heavy atom. The van der Waals surface area contributed by atoms with Crippen LogP contribution in [0.2, 0.25) is 25.7 Å². The molecule has 5 saturated carbocycles. The fourth-order valence-corrected chi connectivity index (χ4v) is 13.5. The predicted molar refractivity (Wildman–Crippen MR) is 376 cm³/mol. The number of hydrogen-bond donors (Lipinski definition) is 0. The van der Waals surface area contributed by atoms with Crippen LogP contribution in [0.3, 0.4) is 0 Å². The first-order chi connectivity index (χ1) is 44.4. The summed E-state index contributed by atoms with van der Waals surface area (Å²) < 4.78 is 112. The Bertz CT molecular complexity index is 2760. The lowest BCUT2D eigenvalue weighted by atomic mass is 9.70. The average Bonchev–Trinajstić information content (AvgIpc) is 1.57. The van der Waals surface area contributed by atoms with E-state index in [2.05, 4.69) is 183 Å². The largest absolute Gasteiger partial charge is 0.462 e. The van der Waals surface area contributed by atoms with Crippen LogP contribution in [0.25, 0.3) is 6.08 Å². The summed E-state index contributed by atoms with van der Waals surface area (Å²) in [4.78, 5) is 66.5. The van der Waals surface area contributed by atoms with E-state index in [4.69, 9.17) is 18.9 Å². The third kappa shape index (κ3) is 31.4. The lowest BCUT2D eigenvalue weighted by Gasteiger charge is -2.38. The van der Waals surface area contributed by atoms with Crippen LogP contribution in [0, 0.1) is 58.2 Å². The van der Waals surface area contributed by atoms with Crippen molar-refractivity contribution in [1.29, 1.82) is 0 Å². The second-order valence-corrected chi connectivity index (χ2v) is 35.7. The lowest BCUT2D eigenvalue weighted by molar-refractivity contribution is -0.313. The van der Waals surface area contributed by atoms with Crippen LogP contribution in [0.5, 0.6) is 0 Å². The molecule has 20 heteroatoms. The number of benzene rings is 1. The van der Waals surface area contributed by atoms with Gasteiger partial charge in [-0.15, -0.1) is 6.58 Å². The first-order valence-electron chi connectivity index (χ1n) is 34.0. The Morgan fingerprint density at radius 3 is 1.55 bits per heavy atom. The van der Waals surface area contributed by atoms with E-state index in [0.717, 1.165) is 43.4 Å². The predicted octanol–water partition coefficient (Wildman–Crippen LogP) is 20.5. The summed E-state index contributed by atoms with van der Waals surface area (Å²) in [7, 11) is -0.775. The van der Waals surface area contributed by atoms with Gasteiger partial charge in [-0.1, -0.05) is 204 Å². The number of alkyl halides is 6. The highest BCUT2D eigenvalue weighted by Crippen LogP contribution is 2.66. The average molecular weight is 1400 g/mol. The van der Waals surface area contributed by atoms with Gasteiger partial charge in [-0.25, -0.2) is 28.8 Å². The fraction of sp³-hybridized carbons (Fsp3) is 0.662. The number of unbranched alkanes of at least 4 members (excludes halogenated alkanes) is 1. The maximum atomic E-state index is 12.0. The molecule has 0 saturated heterocycles. The van der Waals surface area contributed by atoms with Crippen LogP contribution in [0.4, 0.5) is 30.7 Å². The van der Waals surface area contributed by atoms with Crippen molar-refractivity contribution in [2.24, 2.45) is 58.2 Å². The van der Waals surface area contributed by atoms with Gasteiger partial charge >= 0.3 is 48.2 Å². The van der Waals surface area contributed by atoms with E-state index in [-0.39, 0.29) is 53.0 Å². The van der Waals surface area contributed by atoms with Gasteiger partial charge in [-0.3, -0.25) is 0 Å². The molecule has 0 N–H and O–H groups in total. The molecule has 0 aromatic heterocycles. The highest BCUT2D eigenvalue weighted by molar-refractivity contribution is 6.76. The molecule has 5 fully saturated rings. The molecule has 0 amide bonds. The van der Waals surface area contributed by atoms with E-state index in [1.54, 1.807) is 27.7 Å². The molecule has 9 unspecified atom stereocenters. The van der Waals surface area contributed by atoms with E-state index in [1.807, 2.05) is 12.2 Å². The van der Waals surface area contributed by atoms with E-state index >= 15 is 0 Å². The summed E-state index contributed by atoms with van der Waals surface area (Å²) in [5.74, 6) is -1.34. The molecular weight excluding hydrogens is 1280 g/mol. The number of rotatable bonds is 22. The van der Waals surface area contributed by atoms with Crippen molar-refractivity contribution in [3.63, 3.8) is 0 Å². The summed E-state index contributed by atoms with van der Waals surface area (Å²) in [5.41, 5.74) is 5.24. The third-order valence-corrected chi connectivity index (χ3v) is 20.2. The molecule has 1 aromatic rings. The Balaban J connectivity index is 0.00000112. The van der Waals surface area contributed by atoms with Crippen molar-refractivity contribution in [2.75, 3.05) is 13.2 Å². The van der Waals surface area contributed by atoms with Crippen LogP contribution in [-0.2, 0) is 62.6 Å². The molecule has 6 rings (SSSR count). The van der Waals surface area contributed by atoms with Gasteiger partial charge in [-0.2, -0.15) is 30.7 Å². The molecule has 97 heavy (non-hydrogen) atoms. The smallest absolute Gasteiger partial charge is 0.434 e. The second kappa shape index (κ2) is 40.9. The molecule has 552 valence electrons. The molecule has 1 aromatic carbocycles. The van der Waals surface area contributed by atoms with Crippen molar-refractivity contribution < 1.29 is 87.9 Å². The SMILES string of the molecule is C=C(C)C(=O)OC(C(C)C)C(C)C.C=C(C)C(=O)OC1CC2CC1C1CCCC21.C=C(C)C(=O)OC1CC2CCC1(C)C2(C)C.C=C(C)C(=O)OCC(CC)CCCC.C=C(F)C(=O)OCC(=O)OC(C(F)(F)F)C(F)(F)F.C=CC[Si](C)(C)C.C=Cc1ccc(C(C)(C)C)cc1. The zero-order valence-corrected chi connectivity index (χ0v) is 63.0. The number of esters is 6. The second-order valence-electron chi connectivity index (χ2n) is 30.2. The van der Waals surface area contributed by atoms with Crippen LogP contribution in [0.1, 0.15) is 199 Å². The Hall–Kier alpha value is -6.05. The van der Waals surface area contributed by atoms with Crippen LogP contribution < -0.4 is 0 Å². The molecular formula is C77H119F7O12Si. The number of allylic oxidation sites excluding steroid dienone is 1. The number of halogens is 7. The highest BCUT2D eigenvalue weighted by Gasteiger charge is 2.63. The molecule has 0 aliphatic heterocycles. The maximum Gasteiger partial charge on any atom is 0.434 e. The summed E-state index contributed by atoms with van der Waals surface area (Å²) in [6.07, 6.45) is 2.77. The van der Waals surface area contributed by atoms with E-state index in [1.165, 1.54) is 68.5 Å². The molecule has 4 bridgehead atoms. The molecule has 5 aliphatic rings. The number of hydrogen-bond acceptors (Lipinski definition) is 12. The zero-order valence-electron chi connectivity index (χ0n) is 62.0. The quantitative estimate of drug-likeness (QED) is 0.0271. The van der Waals surface area contributed by atoms with Crippen molar-refractivity contribution >= 4 is 50.0 Å². The summed E-state index contributed by atoms with van der Waals surface area (Å²) in [6.45, 7) is 63.0. The van der Waals surface area contributed by atoms with Crippen molar-refractivity contribution in [2.45, 2.75) is 256 Å². The van der Waals surface area contributed by atoms with Gasteiger partial charge in [0.05, 0.1) is 6.61 Å². The molecule has 0 heterocycles. The number of fused-ring (bicyclic) bond motifs is 7. The van der Waals surface area contributed by atoms with Gasteiger partial charge in [0.15, 0.2) is 6.61 Å². The first-order valence-corrected chi connectivity index (χ1v) is 37.7. The van der Waals surface area contributed by atoms with Gasteiger partial charge in [0.2, 0.25) is 5.83 Å². The van der Waals surface area contributed by atoms with Gasteiger partial charge in [0, 0.05) is 35.8 Å². The Labute approximate surface area is 578 Å². The lowest BCUT2D eigenvalue weighted by Crippen LogP contribution is -2.46. The minimum Gasteiger partial charge on any atom is -0.462 e. The van der Waals surface area contributed by atoms with E-state index in [0.29, 0.717) is 63.9 Å². The molecule has 0 spiro atoms. The number of carbonyl (C=O) groups excluding carboxylic acids is 6. The van der Waals surface area contributed by atoms with Crippen molar-refractivity contribution in [1.82, 2.24) is 0 Å². The van der Waals surface area contributed by atoms with Gasteiger partial charge in [-0.05, 0) is 154 Å².